The number of rotatable bonds is 5. The number of phenolic OH excluding ortho intramolecular Hbond substituents is 1. The van der Waals surface area contributed by atoms with Crippen LogP contribution in [0.15, 0.2) is 53.4 Å². The lowest BCUT2D eigenvalue weighted by molar-refractivity contribution is -0.111. The molecule has 1 amide bonds. The van der Waals surface area contributed by atoms with E-state index in [-0.39, 0.29) is 10.6 Å². The summed E-state index contributed by atoms with van der Waals surface area (Å²) >= 11 is 0. The van der Waals surface area contributed by atoms with Crippen LogP contribution in [0, 0.1) is 0 Å². The van der Waals surface area contributed by atoms with Crippen molar-refractivity contribution in [1.29, 1.82) is 0 Å². The highest BCUT2D eigenvalue weighted by Crippen LogP contribution is 2.26. The van der Waals surface area contributed by atoms with Crippen molar-refractivity contribution >= 4 is 27.7 Å². The molecule has 0 saturated carbocycles. The number of benzene rings is 2. The smallest absolute Gasteiger partial charge is 0.248 e. The van der Waals surface area contributed by atoms with Crippen molar-refractivity contribution in [3.05, 3.63) is 54.1 Å². The monoisotopic (exact) mass is 348 g/mol. The first-order valence-electron chi connectivity index (χ1n) is 6.78. The second kappa shape index (κ2) is 7.16. The maximum atomic E-state index is 11.9. The molecule has 126 valence electrons. The lowest BCUT2D eigenvalue weighted by Crippen LogP contribution is -2.12. The van der Waals surface area contributed by atoms with Crippen molar-refractivity contribution in [1.82, 2.24) is 0 Å². The molecule has 4 N–H and O–H groups in total. The Kier molecular flexibility index (Phi) is 5.22. The van der Waals surface area contributed by atoms with E-state index in [0.717, 1.165) is 0 Å². The highest BCUT2D eigenvalue weighted by molar-refractivity contribution is 7.89. The fourth-order valence-corrected chi connectivity index (χ4v) is 2.40. The zero-order chi connectivity index (χ0) is 17.7. The first kappa shape index (κ1) is 17.5. The van der Waals surface area contributed by atoms with Gasteiger partial charge in [0.25, 0.3) is 0 Å². The minimum absolute atomic E-state index is 0.00838. The average Bonchev–Trinajstić information content (AvgIpc) is 2.53. The van der Waals surface area contributed by atoms with Gasteiger partial charge in [0.15, 0.2) is 11.5 Å². The SMILES string of the molecule is COc1cc(C=CC(=O)Nc2ccc(S(N)(=O)=O)cc2)ccc1O. The summed E-state index contributed by atoms with van der Waals surface area (Å²) in [7, 11) is -2.33. The van der Waals surface area contributed by atoms with Gasteiger partial charge in [-0.25, -0.2) is 13.6 Å². The molecule has 0 spiro atoms. The van der Waals surface area contributed by atoms with Crippen molar-refractivity contribution in [2.24, 2.45) is 5.14 Å². The molecule has 0 saturated heterocycles. The molecule has 7 nitrogen and oxygen atoms in total. The van der Waals surface area contributed by atoms with Gasteiger partial charge < -0.3 is 15.2 Å². The summed E-state index contributed by atoms with van der Waals surface area (Å²) in [6, 6.07) is 10.2. The van der Waals surface area contributed by atoms with Gasteiger partial charge in [0.05, 0.1) is 12.0 Å². The quantitative estimate of drug-likeness (QED) is 0.711. The van der Waals surface area contributed by atoms with E-state index >= 15 is 0 Å². The number of hydrogen-bond acceptors (Lipinski definition) is 5. The number of phenols is 1. The fraction of sp³-hybridized carbons (Fsp3) is 0.0625. The van der Waals surface area contributed by atoms with Crippen LogP contribution in [-0.4, -0.2) is 26.5 Å². The van der Waals surface area contributed by atoms with Gasteiger partial charge in [-0.05, 0) is 48.0 Å². The maximum absolute atomic E-state index is 11.9. The van der Waals surface area contributed by atoms with Crippen molar-refractivity contribution in [2.75, 3.05) is 12.4 Å². The van der Waals surface area contributed by atoms with E-state index in [1.54, 1.807) is 18.2 Å². The number of hydrogen-bond donors (Lipinski definition) is 3. The lowest BCUT2D eigenvalue weighted by Gasteiger charge is -2.04. The van der Waals surface area contributed by atoms with E-state index in [1.807, 2.05) is 0 Å². The van der Waals surface area contributed by atoms with Crippen LogP contribution < -0.4 is 15.2 Å². The van der Waals surface area contributed by atoms with E-state index in [1.165, 1.54) is 43.5 Å². The molecule has 0 aliphatic rings. The van der Waals surface area contributed by atoms with Crippen LogP contribution in [0.2, 0.25) is 0 Å². The molecule has 0 aliphatic heterocycles. The molecule has 0 radical (unpaired) electrons. The minimum Gasteiger partial charge on any atom is -0.504 e. The van der Waals surface area contributed by atoms with Gasteiger partial charge in [-0.1, -0.05) is 6.07 Å². The second-order valence-electron chi connectivity index (χ2n) is 4.82. The minimum atomic E-state index is -3.76. The third-order valence-electron chi connectivity index (χ3n) is 3.08. The Morgan fingerprint density at radius 1 is 1.21 bits per heavy atom. The molecule has 0 aliphatic carbocycles. The number of sulfonamides is 1. The molecule has 0 bridgehead atoms. The van der Waals surface area contributed by atoms with E-state index in [0.29, 0.717) is 17.0 Å². The van der Waals surface area contributed by atoms with E-state index in [4.69, 9.17) is 9.88 Å². The van der Waals surface area contributed by atoms with Crippen LogP contribution in [-0.2, 0) is 14.8 Å². The van der Waals surface area contributed by atoms with E-state index < -0.39 is 15.9 Å². The summed E-state index contributed by atoms with van der Waals surface area (Å²) in [6.07, 6.45) is 2.86. The highest BCUT2D eigenvalue weighted by atomic mass is 32.2. The Morgan fingerprint density at radius 2 is 1.88 bits per heavy atom. The third kappa shape index (κ3) is 4.58. The zero-order valence-corrected chi connectivity index (χ0v) is 13.6. The predicted molar refractivity (Wildman–Crippen MR) is 90.1 cm³/mol. The van der Waals surface area contributed by atoms with Crippen LogP contribution in [0.5, 0.6) is 11.5 Å². The van der Waals surface area contributed by atoms with Crippen molar-refractivity contribution in [3.8, 4) is 11.5 Å². The Hall–Kier alpha value is -2.84. The maximum Gasteiger partial charge on any atom is 0.248 e. The topological polar surface area (TPSA) is 119 Å². The van der Waals surface area contributed by atoms with E-state index in [9.17, 15) is 18.3 Å². The lowest BCUT2D eigenvalue weighted by atomic mass is 10.2. The molecular formula is C16H16N2O5S. The fourth-order valence-electron chi connectivity index (χ4n) is 1.88. The molecular weight excluding hydrogens is 332 g/mol. The molecule has 0 aromatic heterocycles. The summed E-state index contributed by atoms with van der Waals surface area (Å²) in [6.45, 7) is 0. The summed E-state index contributed by atoms with van der Waals surface area (Å²) in [5, 5.41) is 17.1. The highest BCUT2D eigenvalue weighted by Gasteiger charge is 2.07. The van der Waals surface area contributed by atoms with Gasteiger partial charge >= 0.3 is 0 Å². The molecule has 24 heavy (non-hydrogen) atoms. The third-order valence-corrected chi connectivity index (χ3v) is 4.01. The Morgan fingerprint density at radius 3 is 2.46 bits per heavy atom. The number of amides is 1. The van der Waals surface area contributed by atoms with Crippen molar-refractivity contribution < 1.29 is 23.1 Å². The normalized spacial score (nSPS) is 11.4. The second-order valence-corrected chi connectivity index (χ2v) is 6.38. The molecule has 2 aromatic rings. The summed E-state index contributed by atoms with van der Waals surface area (Å²) in [5.41, 5.74) is 1.10. The molecule has 0 heterocycles. The molecule has 2 aromatic carbocycles. The number of carbonyl (C=O) groups excluding carboxylic acids is 1. The standard InChI is InChI=1S/C16H16N2O5S/c1-23-15-10-11(2-8-14(15)19)3-9-16(20)18-12-4-6-13(7-5-12)24(17,21)22/h2-10,19H,1H3,(H,18,20)(H2,17,21,22). The first-order valence-corrected chi connectivity index (χ1v) is 8.33. The van der Waals surface area contributed by atoms with E-state index in [2.05, 4.69) is 5.32 Å². The molecule has 0 unspecified atom stereocenters. The van der Waals surface area contributed by atoms with Crippen LogP contribution in [0.25, 0.3) is 6.08 Å². The van der Waals surface area contributed by atoms with Gasteiger partial charge in [-0.2, -0.15) is 0 Å². The summed E-state index contributed by atoms with van der Waals surface area (Å²) < 4.78 is 27.3. The Bertz CT molecular complexity index is 874. The number of aromatic hydroxyl groups is 1. The van der Waals surface area contributed by atoms with Crippen molar-refractivity contribution in [3.63, 3.8) is 0 Å². The van der Waals surface area contributed by atoms with Gasteiger partial charge in [0.2, 0.25) is 15.9 Å². The average molecular weight is 348 g/mol. The van der Waals surface area contributed by atoms with Crippen LogP contribution in [0.1, 0.15) is 5.56 Å². The number of nitrogens with one attached hydrogen (secondary N) is 1. The summed E-state index contributed by atoms with van der Waals surface area (Å²) in [4.78, 5) is 11.8. The number of nitrogens with two attached hydrogens (primary N) is 1. The van der Waals surface area contributed by atoms with Gasteiger partial charge in [-0.3, -0.25) is 4.79 Å². The molecule has 8 heteroatoms. The largest absolute Gasteiger partial charge is 0.504 e. The molecule has 2 rings (SSSR count). The molecule has 0 atom stereocenters. The zero-order valence-electron chi connectivity index (χ0n) is 12.8. The summed E-state index contributed by atoms with van der Waals surface area (Å²) in [5.74, 6) is -0.0874. The van der Waals surface area contributed by atoms with Crippen LogP contribution in [0.3, 0.4) is 0 Å². The number of anilines is 1. The van der Waals surface area contributed by atoms with Crippen LogP contribution in [0.4, 0.5) is 5.69 Å². The Labute approximate surface area is 139 Å². The van der Waals surface area contributed by atoms with Crippen LogP contribution >= 0.6 is 0 Å². The number of carbonyl (C=O) groups is 1. The number of ether oxygens (including phenoxy) is 1. The Balaban J connectivity index is 2.05. The van der Waals surface area contributed by atoms with Gasteiger partial charge in [-0.15, -0.1) is 0 Å². The number of primary sulfonamides is 1. The van der Waals surface area contributed by atoms with Gasteiger partial charge in [0, 0.05) is 11.8 Å². The molecule has 0 fully saturated rings. The van der Waals surface area contributed by atoms with Gasteiger partial charge in [0.1, 0.15) is 0 Å². The number of methoxy groups -OCH3 is 1. The predicted octanol–water partition coefficient (Wildman–Crippen LogP) is 1.70. The van der Waals surface area contributed by atoms with Crippen molar-refractivity contribution in [2.45, 2.75) is 4.90 Å². The first-order chi connectivity index (χ1) is 11.3.